The number of nitrogens with one attached hydrogen (secondary N) is 2. The molecule has 0 radical (unpaired) electrons. The number of urea groups is 1. The first-order valence-corrected chi connectivity index (χ1v) is 10.3. The lowest BCUT2D eigenvalue weighted by Gasteiger charge is -2.56. The van der Waals surface area contributed by atoms with Crippen LogP contribution in [-0.2, 0) is 9.59 Å². The molecule has 152 valence electrons. The minimum Gasteiger partial charge on any atom is -0.351 e. The van der Waals surface area contributed by atoms with E-state index in [2.05, 4.69) is 5.32 Å². The van der Waals surface area contributed by atoms with Gasteiger partial charge in [0, 0.05) is 17.4 Å². The number of primary amides is 1. The molecular weight excluding hydrogens is 378 g/mol. The number of hydrogen-bond acceptors (Lipinski definition) is 3. The third-order valence-electron chi connectivity index (χ3n) is 6.34. The van der Waals surface area contributed by atoms with Gasteiger partial charge in [0.1, 0.15) is 0 Å². The van der Waals surface area contributed by atoms with Crippen LogP contribution in [0.3, 0.4) is 0 Å². The Labute approximate surface area is 170 Å². The van der Waals surface area contributed by atoms with Crippen molar-refractivity contribution in [3.8, 4) is 0 Å². The smallest absolute Gasteiger partial charge is 0.318 e. The van der Waals surface area contributed by atoms with Crippen LogP contribution >= 0.6 is 11.6 Å². The van der Waals surface area contributed by atoms with Crippen molar-refractivity contribution >= 4 is 29.4 Å². The summed E-state index contributed by atoms with van der Waals surface area (Å²) < 4.78 is 0. The Hall–Kier alpha value is -2.08. The molecule has 0 heterocycles. The summed E-state index contributed by atoms with van der Waals surface area (Å²) in [6.45, 7) is 1.85. The van der Waals surface area contributed by atoms with Crippen LogP contribution in [0.15, 0.2) is 24.3 Å². The standard InChI is InChI=1S/C21H28ClN3O3/c1-2-13(10-17(26)24-20(23)28)19(27)25-18(14-5-3-6-16(22)9-14)15-11-21(12-15)7-4-8-21/h3,5-6,9,13,15,18H,2,4,7-8,10-12H2,1H3,(H,25,27)(H3,23,24,26,28). The molecule has 1 spiro atoms. The number of rotatable bonds is 7. The number of carbonyl (C=O) groups is 3. The predicted octanol–water partition coefficient (Wildman–Crippen LogP) is 3.69. The van der Waals surface area contributed by atoms with Crippen molar-refractivity contribution in [2.45, 2.75) is 57.9 Å². The molecule has 1 aromatic rings. The third kappa shape index (κ3) is 4.66. The van der Waals surface area contributed by atoms with E-state index < -0.39 is 17.9 Å². The number of halogens is 1. The highest BCUT2D eigenvalue weighted by atomic mass is 35.5. The summed E-state index contributed by atoms with van der Waals surface area (Å²) in [6.07, 6.45) is 6.52. The highest BCUT2D eigenvalue weighted by Gasteiger charge is 2.50. The molecule has 4 N–H and O–H groups in total. The number of nitrogens with two attached hydrogens (primary N) is 1. The number of amides is 4. The van der Waals surface area contributed by atoms with Crippen LogP contribution in [0, 0.1) is 17.3 Å². The van der Waals surface area contributed by atoms with Crippen LogP contribution < -0.4 is 16.4 Å². The average molecular weight is 406 g/mol. The Kier molecular flexibility index (Phi) is 6.28. The van der Waals surface area contributed by atoms with E-state index in [1.807, 2.05) is 36.5 Å². The third-order valence-corrected chi connectivity index (χ3v) is 6.57. The molecule has 28 heavy (non-hydrogen) atoms. The SMILES string of the molecule is CCC(CC(=O)NC(N)=O)C(=O)NC(c1cccc(Cl)c1)C1CC2(CCC2)C1. The Balaban J connectivity index is 1.70. The maximum atomic E-state index is 12.9. The molecule has 6 nitrogen and oxygen atoms in total. The molecule has 2 atom stereocenters. The van der Waals surface area contributed by atoms with Crippen molar-refractivity contribution in [2.24, 2.45) is 23.0 Å². The number of imide groups is 1. The van der Waals surface area contributed by atoms with Gasteiger partial charge in [0.2, 0.25) is 11.8 Å². The van der Waals surface area contributed by atoms with Crippen LogP contribution in [-0.4, -0.2) is 17.8 Å². The van der Waals surface area contributed by atoms with Crippen LogP contribution in [0.4, 0.5) is 4.79 Å². The van der Waals surface area contributed by atoms with Crippen LogP contribution in [0.2, 0.25) is 5.02 Å². The minimum atomic E-state index is -0.905. The summed E-state index contributed by atoms with van der Waals surface area (Å²) >= 11 is 6.18. The zero-order chi connectivity index (χ0) is 20.3. The average Bonchev–Trinajstić information content (AvgIpc) is 2.55. The van der Waals surface area contributed by atoms with Gasteiger partial charge in [-0.05, 0) is 61.1 Å². The quantitative estimate of drug-likeness (QED) is 0.644. The van der Waals surface area contributed by atoms with Crippen LogP contribution in [0.5, 0.6) is 0 Å². The zero-order valence-electron chi connectivity index (χ0n) is 16.2. The summed E-state index contributed by atoms with van der Waals surface area (Å²) in [7, 11) is 0. The van der Waals surface area contributed by atoms with Gasteiger partial charge in [-0.3, -0.25) is 14.9 Å². The number of benzene rings is 1. The molecule has 0 saturated heterocycles. The Morgan fingerprint density at radius 1 is 1.29 bits per heavy atom. The lowest BCUT2D eigenvalue weighted by molar-refractivity contribution is -0.132. The van der Waals surface area contributed by atoms with E-state index in [1.165, 1.54) is 19.3 Å². The minimum absolute atomic E-state index is 0.0673. The Morgan fingerprint density at radius 2 is 2.00 bits per heavy atom. The lowest BCUT2D eigenvalue weighted by atomic mass is 9.50. The molecule has 0 aliphatic heterocycles. The highest BCUT2D eigenvalue weighted by molar-refractivity contribution is 6.30. The van der Waals surface area contributed by atoms with E-state index in [1.54, 1.807) is 0 Å². The van der Waals surface area contributed by atoms with Gasteiger partial charge in [-0.25, -0.2) is 4.79 Å². The van der Waals surface area contributed by atoms with E-state index in [0.717, 1.165) is 18.4 Å². The largest absolute Gasteiger partial charge is 0.351 e. The fourth-order valence-electron chi connectivity index (χ4n) is 4.65. The molecule has 0 aromatic heterocycles. The fraction of sp³-hybridized carbons (Fsp3) is 0.571. The second-order valence-corrected chi connectivity index (χ2v) is 8.72. The van der Waals surface area contributed by atoms with Gasteiger partial charge < -0.3 is 11.1 Å². The first-order valence-electron chi connectivity index (χ1n) is 9.97. The molecule has 1 aromatic carbocycles. The summed E-state index contributed by atoms with van der Waals surface area (Å²) in [5.74, 6) is -0.856. The molecule has 3 rings (SSSR count). The van der Waals surface area contributed by atoms with Gasteiger partial charge in [0.05, 0.1) is 6.04 Å². The van der Waals surface area contributed by atoms with Crippen LogP contribution in [0.1, 0.15) is 63.5 Å². The molecule has 2 aliphatic carbocycles. The normalized spacial score (nSPS) is 19.8. The molecule has 2 unspecified atom stereocenters. The van der Waals surface area contributed by atoms with Crippen LogP contribution in [0.25, 0.3) is 0 Å². The Morgan fingerprint density at radius 3 is 2.54 bits per heavy atom. The number of carbonyl (C=O) groups excluding carboxylic acids is 3. The van der Waals surface area contributed by atoms with E-state index in [4.69, 9.17) is 17.3 Å². The maximum Gasteiger partial charge on any atom is 0.318 e. The fourth-order valence-corrected chi connectivity index (χ4v) is 4.85. The molecular formula is C21H28ClN3O3. The van der Waals surface area contributed by atoms with Gasteiger partial charge >= 0.3 is 6.03 Å². The summed E-state index contributed by atoms with van der Waals surface area (Å²) in [6, 6.07) is 6.58. The maximum absolute atomic E-state index is 12.9. The molecule has 2 fully saturated rings. The predicted molar refractivity (Wildman–Crippen MR) is 107 cm³/mol. The zero-order valence-corrected chi connectivity index (χ0v) is 16.9. The van der Waals surface area contributed by atoms with E-state index >= 15 is 0 Å². The lowest BCUT2D eigenvalue weighted by Crippen LogP contribution is -2.49. The molecule has 7 heteroatoms. The first-order chi connectivity index (χ1) is 13.3. The molecule has 2 saturated carbocycles. The Bertz CT molecular complexity index is 755. The second kappa shape index (κ2) is 8.52. The summed E-state index contributed by atoms with van der Waals surface area (Å²) in [5, 5.41) is 5.83. The van der Waals surface area contributed by atoms with E-state index in [0.29, 0.717) is 22.8 Å². The van der Waals surface area contributed by atoms with Gasteiger partial charge in [-0.2, -0.15) is 0 Å². The molecule has 2 aliphatic rings. The van der Waals surface area contributed by atoms with Crippen molar-refractivity contribution in [1.29, 1.82) is 0 Å². The van der Waals surface area contributed by atoms with Gasteiger partial charge in [-0.1, -0.05) is 37.1 Å². The second-order valence-electron chi connectivity index (χ2n) is 8.28. The van der Waals surface area contributed by atoms with E-state index in [9.17, 15) is 14.4 Å². The summed E-state index contributed by atoms with van der Waals surface area (Å²) in [4.78, 5) is 35.6. The van der Waals surface area contributed by atoms with Gasteiger partial charge in [0.25, 0.3) is 0 Å². The highest BCUT2D eigenvalue weighted by Crippen LogP contribution is 2.61. The van der Waals surface area contributed by atoms with Gasteiger partial charge in [-0.15, -0.1) is 0 Å². The van der Waals surface area contributed by atoms with Crippen molar-refractivity contribution in [3.63, 3.8) is 0 Å². The molecule has 0 bridgehead atoms. The monoisotopic (exact) mass is 405 g/mol. The van der Waals surface area contributed by atoms with Crippen molar-refractivity contribution in [1.82, 2.24) is 10.6 Å². The van der Waals surface area contributed by atoms with E-state index in [-0.39, 0.29) is 18.4 Å². The van der Waals surface area contributed by atoms with Crippen molar-refractivity contribution in [3.05, 3.63) is 34.9 Å². The summed E-state index contributed by atoms with van der Waals surface area (Å²) in [5.41, 5.74) is 6.46. The topological polar surface area (TPSA) is 101 Å². The van der Waals surface area contributed by atoms with Crippen molar-refractivity contribution < 1.29 is 14.4 Å². The van der Waals surface area contributed by atoms with Crippen molar-refractivity contribution in [2.75, 3.05) is 0 Å². The number of hydrogen-bond donors (Lipinski definition) is 3. The first kappa shape index (κ1) is 20.6. The molecule has 4 amide bonds. The van der Waals surface area contributed by atoms with Gasteiger partial charge in [0.15, 0.2) is 0 Å².